The first-order valence-corrected chi connectivity index (χ1v) is 7.51. The number of hydrogen-bond donors (Lipinski definition) is 0. The van der Waals surface area contributed by atoms with Gasteiger partial charge in [0.15, 0.2) is 0 Å². The molecule has 2 rings (SSSR count). The minimum atomic E-state index is 0.218. The molecule has 2 nitrogen and oxygen atoms in total. The van der Waals surface area contributed by atoms with Crippen molar-refractivity contribution < 1.29 is 9.53 Å². The van der Waals surface area contributed by atoms with Gasteiger partial charge in [0.25, 0.3) is 0 Å². The molecule has 1 saturated heterocycles. The van der Waals surface area contributed by atoms with E-state index >= 15 is 0 Å². The Hall–Kier alpha value is -0.480. The van der Waals surface area contributed by atoms with Crippen LogP contribution in [0.25, 0.3) is 0 Å². The van der Waals surface area contributed by atoms with Gasteiger partial charge in [-0.15, -0.1) is 0 Å². The lowest BCUT2D eigenvalue weighted by atomic mass is 10.0. The zero-order valence-electron chi connectivity index (χ0n) is 9.74. The van der Waals surface area contributed by atoms with E-state index in [1.165, 1.54) is 6.42 Å². The SMILES string of the molecule is COc1ccc(CC(=O)C2CCCS2)cc1Br. The fourth-order valence-corrected chi connectivity index (χ4v) is 3.77. The number of carbonyl (C=O) groups is 1. The molecule has 0 bridgehead atoms. The van der Waals surface area contributed by atoms with Gasteiger partial charge in [0, 0.05) is 6.42 Å². The Morgan fingerprint density at radius 3 is 3.00 bits per heavy atom. The van der Waals surface area contributed by atoms with Crippen LogP contribution in [0.5, 0.6) is 5.75 Å². The highest BCUT2D eigenvalue weighted by atomic mass is 79.9. The molecular formula is C13H15BrO2S. The Balaban J connectivity index is 2.03. The molecule has 1 aliphatic rings. The predicted octanol–water partition coefficient (Wildman–Crippen LogP) is 3.46. The van der Waals surface area contributed by atoms with Gasteiger partial charge in [-0.3, -0.25) is 4.79 Å². The predicted molar refractivity (Wildman–Crippen MR) is 74.9 cm³/mol. The van der Waals surface area contributed by atoms with E-state index in [1.54, 1.807) is 18.9 Å². The van der Waals surface area contributed by atoms with Gasteiger partial charge < -0.3 is 4.74 Å². The molecular weight excluding hydrogens is 300 g/mol. The van der Waals surface area contributed by atoms with Gasteiger partial charge in [-0.1, -0.05) is 6.07 Å². The van der Waals surface area contributed by atoms with E-state index in [0.717, 1.165) is 28.0 Å². The van der Waals surface area contributed by atoms with E-state index in [2.05, 4.69) is 15.9 Å². The third-order valence-corrected chi connectivity index (χ3v) is 4.93. The van der Waals surface area contributed by atoms with E-state index < -0.39 is 0 Å². The Kier molecular flexibility index (Phi) is 4.51. The number of rotatable bonds is 4. The summed E-state index contributed by atoms with van der Waals surface area (Å²) in [5.41, 5.74) is 1.05. The number of benzene rings is 1. The number of ketones is 1. The highest BCUT2D eigenvalue weighted by Gasteiger charge is 2.23. The normalized spacial score (nSPS) is 19.3. The number of halogens is 1. The van der Waals surface area contributed by atoms with Gasteiger partial charge in [-0.25, -0.2) is 0 Å². The summed E-state index contributed by atoms with van der Waals surface area (Å²) in [6.45, 7) is 0. The lowest BCUT2D eigenvalue weighted by molar-refractivity contribution is -0.117. The molecule has 17 heavy (non-hydrogen) atoms. The molecule has 1 unspecified atom stereocenters. The van der Waals surface area contributed by atoms with E-state index in [4.69, 9.17) is 4.74 Å². The van der Waals surface area contributed by atoms with Gasteiger partial charge in [0.1, 0.15) is 11.5 Å². The van der Waals surface area contributed by atoms with Crippen molar-refractivity contribution in [2.75, 3.05) is 12.9 Å². The quantitative estimate of drug-likeness (QED) is 0.851. The summed E-state index contributed by atoms with van der Waals surface area (Å²) >= 11 is 5.23. The topological polar surface area (TPSA) is 26.3 Å². The van der Waals surface area contributed by atoms with Crippen molar-refractivity contribution >= 4 is 33.5 Å². The number of methoxy groups -OCH3 is 1. The Morgan fingerprint density at radius 1 is 1.59 bits per heavy atom. The lowest BCUT2D eigenvalue weighted by Crippen LogP contribution is -2.16. The minimum Gasteiger partial charge on any atom is -0.496 e. The van der Waals surface area contributed by atoms with Crippen molar-refractivity contribution in [3.63, 3.8) is 0 Å². The van der Waals surface area contributed by atoms with E-state index in [-0.39, 0.29) is 5.25 Å². The van der Waals surface area contributed by atoms with Crippen molar-refractivity contribution in [2.45, 2.75) is 24.5 Å². The molecule has 1 aliphatic heterocycles. The summed E-state index contributed by atoms with van der Waals surface area (Å²) < 4.78 is 6.08. The second kappa shape index (κ2) is 5.91. The molecule has 1 atom stereocenters. The van der Waals surface area contributed by atoms with Crippen LogP contribution in [0, 0.1) is 0 Å². The van der Waals surface area contributed by atoms with Gasteiger partial charge in [0.05, 0.1) is 16.8 Å². The van der Waals surface area contributed by atoms with Crippen LogP contribution in [-0.4, -0.2) is 23.9 Å². The zero-order chi connectivity index (χ0) is 12.3. The summed E-state index contributed by atoms with van der Waals surface area (Å²) in [7, 11) is 1.64. The Labute approximate surface area is 114 Å². The third-order valence-electron chi connectivity index (χ3n) is 2.88. The average Bonchev–Trinajstić information content (AvgIpc) is 2.82. The van der Waals surface area contributed by atoms with Crippen LogP contribution >= 0.6 is 27.7 Å². The molecule has 0 aromatic heterocycles. The highest BCUT2D eigenvalue weighted by molar-refractivity contribution is 9.10. The van der Waals surface area contributed by atoms with E-state index in [9.17, 15) is 4.79 Å². The second-order valence-electron chi connectivity index (χ2n) is 4.11. The van der Waals surface area contributed by atoms with E-state index in [0.29, 0.717) is 12.2 Å². The van der Waals surface area contributed by atoms with Crippen LogP contribution in [0.2, 0.25) is 0 Å². The first-order chi connectivity index (χ1) is 8.20. The van der Waals surface area contributed by atoms with E-state index in [1.807, 2.05) is 18.2 Å². The first kappa shape index (κ1) is 13.0. The van der Waals surface area contributed by atoms with Gasteiger partial charge in [-0.2, -0.15) is 11.8 Å². The molecule has 92 valence electrons. The molecule has 1 heterocycles. The maximum Gasteiger partial charge on any atom is 0.150 e. The fourth-order valence-electron chi connectivity index (χ4n) is 1.97. The lowest BCUT2D eigenvalue weighted by Gasteiger charge is -2.09. The summed E-state index contributed by atoms with van der Waals surface area (Å²) in [6.07, 6.45) is 2.74. The maximum absolute atomic E-state index is 12.0. The summed E-state index contributed by atoms with van der Waals surface area (Å²) in [5.74, 6) is 2.28. The molecule has 0 saturated carbocycles. The van der Waals surface area contributed by atoms with Gasteiger partial charge in [-0.05, 0) is 52.2 Å². The first-order valence-electron chi connectivity index (χ1n) is 5.67. The highest BCUT2D eigenvalue weighted by Crippen LogP contribution is 2.29. The van der Waals surface area contributed by atoms with Crippen LogP contribution < -0.4 is 4.74 Å². The van der Waals surface area contributed by atoms with Crippen molar-refractivity contribution in [1.29, 1.82) is 0 Å². The Morgan fingerprint density at radius 2 is 2.41 bits per heavy atom. The van der Waals surface area contributed by atoms with Crippen LogP contribution in [0.3, 0.4) is 0 Å². The van der Waals surface area contributed by atoms with Crippen LogP contribution in [0.15, 0.2) is 22.7 Å². The summed E-state index contributed by atoms with van der Waals surface area (Å²) in [4.78, 5) is 12.0. The average molecular weight is 315 g/mol. The molecule has 4 heteroatoms. The van der Waals surface area contributed by atoms with Crippen LogP contribution in [0.1, 0.15) is 18.4 Å². The molecule has 1 aromatic carbocycles. The van der Waals surface area contributed by atoms with Crippen molar-refractivity contribution in [3.05, 3.63) is 28.2 Å². The molecule has 0 amide bonds. The molecule has 0 aliphatic carbocycles. The molecule has 1 fully saturated rings. The monoisotopic (exact) mass is 314 g/mol. The van der Waals surface area contributed by atoms with Crippen molar-refractivity contribution in [2.24, 2.45) is 0 Å². The van der Waals surface area contributed by atoms with Crippen molar-refractivity contribution in [1.82, 2.24) is 0 Å². The smallest absolute Gasteiger partial charge is 0.150 e. The molecule has 0 spiro atoms. The maximum atomic E-state index is 12.0. The summed E-state index contributed by atoms with van der Waals surface area (Å²) in [5, 5.41) is 0.218. The summed E-state index contributed by atoms with van der Waals surface area (Å²) in [6, 6.07) is 5.83. The number of hydrogen-bond acceptors (Lipinski definition) is 3. The second-order valence-corrected chi connectivity index (χ2v) is 6.28. The number of Topliss-reactive ketones (excluding diaryl/α,β-unsaturated/α-hetero) is 1. The molecule has 1 aromatic rings. The van der Waals surface area contributed by atoms with Gasteiger partial charge >= 0.3 is 0 Å². The number of carbonyl (C=O) groups excluding carboxylic acids is 1. The van der Waals surface area contributed by atoms with Crippen LogP contribution in [0.4, 0.5) is 0 Å². The largest absolute Gasteiger partial charge is 0.496 e. The number of thioether (sulfide) groups is 1. The third kappa shape index (κ3) is 3.26. The molecule has 0 radical (unpaired) electrons. The van der Waals surface area contributed by atoms with Crippen LogP contribution in [-0.2, 0) is 11.2 Å². The zero-order valence-corrected chi connectivity index (χ0v) is 12.1. The standard InChI is InChI=1S/C13H15BrO2S/c1-16-12-5-4-9(7-10(12)14)8-11(15)13-3-2-6-17-13/h4-5,7,13H,2-3,6,8H2,1H3. The number of ether oxygens (including phenoxy) is 1. The van der Waals surface area contributed by atoms with Crippen molar-refractivity contribution in [3.8, 4) is 5.75 Å². The minimum absolute atomic E-state index is 0.218. The molecule has 0 N–H and O–H groups in total. The fraction of sp³-hybridized carbons (Fsp3) is 0.462. The Bertz CT molecular complexity index is 414. The van der Waals surface area contributed by atoms with Gasteiger partial charge in [0.2, 0.25) is 0 Å².